The van der Waals surface area contributed by atoms with Crippen LogP contribution in [0.2, 0.25) is 0 Å². The Bertz CT molecular complexity index is 1490. The highest BCUT2D eigenvalue weighted by Gasteiger charge is 2.53. The van der Waals surface area contributed by atoms with E-state index in [0.717, 1.165) is 20.8 Å². The Kier molecular flexibility index (Phi) is 9.42. The third kappa shape index (κ3) is 7.22. The third-order valence-electron chi connectivity index (χ3n) is 7.60. The van der Waals surface area contributed by atoms with Gasteiger partial charge in [0.25, 0.3) is 0 Å². The van der Waals surface area contributed by atoms with Crippen molar-refractivity contribution < 1.29 is 56.6 Å². The summed E-state index contributed by atoms with van der Waals surface area (Å²) in [5, 5.41) is 3.65. The normalized spacial score (nSPS) is 25.6. The van der Waals surface area contributed by atoms with Crippen LogP contribution in [0.4, 0.5) is 5.69 Å². The fourth-order valence-electron chi connectivity index (χ4n) is 4.96. The van der Waals surface area contributed by atoms with Gasteiger partial charge in [-0.2, -0.15) is 0 Å². The van der Waals surface area contributed by atoms with Crippen LogP contribution in [0.25, 0.3) is 11.0 Å². The molecule has 0 saturated carbocycles. The lowest BCUT2D eigenvalue weighted by atomic mass is 9.77. The predicted octanol–water partition coefficient (Wildman–Crippen LogP) is 1.59. The van der Waals surface area contributed by atoms with Crippen molar-refractivity contribution in [2.75, 3.05) is 11.9 Å². The molecule has 2 aliphatic heterocycles. The first-order valence-corrected chi connectivity index (χ1v) is 14.0. The van der Waals surface area contributed by atoms with Gasteiger partial charge < -0.3 is 42.7 Å². The predicted molar refractivity (Wildman–Crippen MR) is 154 cm³/mol. The Morgan fingerprint density at radius 2 is 1.43 bits per heavy atom. The van der Waals surface area contributed by atoms with E-state index in [4.69, 9.17) is 37.4 Å². The number of benzene rings is 1. The van der Waals surface area contributed by atoms with Gasteiger partial charge in [0, 0.05) is 56.4 Å². The van der Waals surface area contributed by atoms with Crippen molar-refractivity contribution >= 4 is 53.1 Å². The van der Waals surface area contributed by atoms with Crippen LogP contribution in [-0.4, -0.2) is 79.4 Å². The maximum Gasteiger partial charge on any atom is 0.495 e. The summed E-state index contributed by atoms with van der Waals surface area (Å²) < 4.78 is 45.2. The number of fused-ring (bicyclic) bond motifs is 1. The molecule has 1 aromatic carbocycles. The van der Waals surface area contributed by atoms with E-state index in [9.17, 15) is 24.0 Å². The highest BCUT2D eigenvalue weighted by Crippen LogP contribution is 2.37. The van der Waals surface area contributed by atoms with Crippen LogP contribution < -0.4 is 16.4 Å². The van der Waals surface area contributed by atoms with Crippen molar-refractivity contribution in [3.8, 4) is 0 Å². The fraction of sp³-hybridized carbons (Fsp3) is 0.552. The molecule has 1 aromatic heterocycles. The number of hydrogen-bond acceptors (Lipinski definition) is 14. The first kappa shape index (κ1) is 33.0. The fourth-order valence-corrected chi connectivity index (χ4v) is 4.96. The molecule has 5 atom stereocenters. The molecule has 15 heteroatoms. The number of hydrogen-bond donors (Lipinski definition) is 1. The van der Waals surface area contributed by atoms with Crippen molar-refractivity contribution in [2.45, 2.75) is 97.2 Å². The van der Waals surface area contributed by atoms with E-state index in [-0.39, 0.29) is 5.58 Å². The number of anilines is 1. The van der Waals surface area contributed by atoms with Gasteiger partial charge >= 0.3 is 36.6 Å². The second-order valence-electron chi connectivity index (χ2n) is 11.6. The first-order chi connectivity index (χ1) is 20.5. The summed E-state index contributed by atoms with van der Waals surface area (Å²) in [5.41, 5.74) is -0.936. The van der Waals surface area contributed by atoms with Crippen molar-refractivity contribution in [3.63, 3.8) is 0 Å². The summed E-state index contributed by atoms with van der Waals surface area (Å²) in [5.74, 6) is -2.82. The first-order valence-electron chi connectivity index (χ1n) is 14.0. The number of rotatable bonds is 8. The average Bonchev–Trinajstić information content (AvgIpc) is 3.11. The minimum Gasteiger partial charge on any atom is -0.463 e. The molecular weight excluding hydrogens is 581 g/mol. The molecule has 0 radical (unpaired) electrons. The number of nitrogens with one attached hydrogen (secondary N) is 1. The molecule has 4 rings (SSSR count). The summed E-state index contributed by atoms with van der Waals surface area (Å²) in [6.45, 7) is 11.8. The van der Waals surface area contributed by atoms with Crippen LogP contribution in [0.1, 0.15) is 55.4 Å². The lowest BCUT2D eigenvalue weighted by Gasteiger charge is -2.44. The SMILES string of the molecule is CC(=O)OCC1OC(OC(C)=O)[C@@H](Nc2ccc3c(B4OC(C)(C)C(C)(C)O4)cc(=O)oc3c2)C(OC(C)=O)[C@@H]1OC(C)=O. The Morgan fingerprint density at radius 3 is 2.00 bits per heavy atom. The van der Waals surface area contributed by atoms with Crippen molar-refractivity contribution in [3.05, 3.63) is 34.7 Å². The van der Waals surface area contributed by atoms with Crippen LogP contribution in [-0.2, 0) is 52.2 Å². The van der Waals surface area contributed by atoms with Gasteiger partial charge in [-0.3, -0.25) is 19.2 Å². The highest BCUT2D eigenvalue weighted by atomic mass is 16.7. The zero-order chi connectivity index (χ0) is 32.6. The zero-order valence-electron chi connectivity index (χ0n) is 25.8. The maximum atomic E-state index is 12.6. The molecule has 0 amide bonds. The Balaban J connectivity index is 1.74. The summed E-state index contributed by atoms with van der Waals surface area (Å²) in [7, 11) is -0.836. The van der Waals surface area contributed by atoms with E-state index >= 15 is 0 Å². The number of ether oxygens (including phenoxy) is 5. The molecular formula is C29H36BNO13. The van der Waals surface area contributed by atoms with Gasteiger partial charge in [0.05, 0.1) is 11.2 Å². The molecule has 0 aliphatic carbocycles. The van der Waals surface area contributed by atoms with Crippen LogP contribution >= 0.6 is 0 Å². The molecule has 238 valence electrons. The van der Waals surface area contributed by atoms with E-state index in [2.05, 4.69) is 5.32 Å². The van der Waals surface area contributed by atoms with Gasteiger partial charge in [-0.05, 0) is 39.8 Å². The minimum atomic E-state index is -1.40. The van der Waals surface area contributed by atoms with Crippen LogP contribution in [0, 0.1) is 0 Å². The lowest BCUT2D eigenvalue weighted by molar-refractivity contribution is -0.264. The monoisotopic (exact) mass is 617 g/mol. The summed E-state index contributed by atoms with van der Waals surface area (Å²) in [6.07, 6.45) is -5.11. The summed E-state index contributed by atoms with van der Waals surface area (Å²) in [6, 6.07) is 5.02. The Morgan fingerprint density at radius 1 is 0.841 bits per heavy atom. The van der Waals surface area contributed by atoms with Gasteiger partial charge in [-0.15, -0.1) is 0 Å². The van der Waals surface area contributed by atoms with Gasteiger partial charge in [0.2, 0.25) is 6.29 Å². The minimum absolute atomic E-state index is 0.182. The molecule has 0 spiro atoms. The van der Waals surface area contributed by atoms with Crippen molar-refractivity contribution in [1.29, 1.82) is 0 Å². The molecule has 2 aromatic rings. The van der Waals surface area contributed by atoms with Crippen molar-refractivity contribution in [2.24, 2.45) is 0 Å². The topological polar surface area (TPSA) is 175 Å². The average molecular weight is 617 g/mol. The van der Waals surface area contributed by atoms with Crippen LogP contribution in [0.15, 0.2) is 33.5 Å². The van der Waals surface area contributed by atoms with Gasteiger partial charge in [0.15, 0.2) is 12.2 Å². The highest BCUT2D eigenvalue weighted by molar-refractivity contribution is 6.65. The molecule has 2 fully saturated rings. The second kappa shape index (κ2) is 12.6. The largest absolute Gasteiger partial charge is 0.495 e. The molecule has 2 saturated heterocycles. The molecule has 3 heterocycles. The third-order valence-corrected chi connectivity index (χ3v) is 7.60. The van der Waals surface area contributed by atoms with E-state index in [0.29, 0.717) is 16.5 Å². The van der Waals surface area contributed by atoms with E-state index in [1.54, 1.807) is 12.1 Å². The molecule has 2 aliphatic rings. The van der Waals surface area contributed by atoms with Gasteiger partial charge in [0.1, 0.15) is 24.3 Å². The lowest BCUT2D eigenvalue weighted by Crippen LogP contribution is -2.64. The standard InChI is InChI=1S/C29H36BNO13/c1-14(32)37-13-22-25(38-15(2)33)26(39-16(3)34)24(27(42-22)40-17(4)35)31-18-9-10-19-20(12-23(36)41-21(19)11-18)30-43-28(5,6)29(7,8)44-30/h9-12,22,24-27,31H,13H2,1-8H3/t22?,24-,25+,26?,27?/m0/s1. The molecule has 3 unspecified atom stereocenters. The van der Waals surface area contributed by atoms with Crippen LogP contribution in [0.5, 0.6) is 0 Å². The van der Waals surface area contributed by atoms with Gasteiger partial charge in [-0.1, -0.05) is 0 Å². The maximum absolute atomic E-state index is 12.6. The zero-order valence-corrected chi connectivity index (χ0v) is 25.8. The molecule has 44 heavy (non-hydrogen) atoms. The summed E-state index contributed by atoms with van der Waals surface area (Å²) >= 11 is 0. The Labute approximate surface area is 253 Å². The smallest absolute Gasteiger partial charge is 0.463 e. The quantitative estimate of drug-likeness (QED) is 0.196. The summed E-state index contributed by atoms with van der Waals surface area (Å²) in [4.78, 5) is 60.5. The van der Waals surface area contributed by atoms with Crippen LogP contribution in [0.3, 0.4) is 0 Å². The van der Waals surface area contributed by atoms with E-state index in [1.807, 2.05) is 27.7 Å². The van der Waals surface area contributed by atoms with E-state index < -0.39 is 85.1 Å². The molecule has 14 nitrogen and oxygen atoms in total. The number of carbonyl (C=O) groups excluding carboxylic acids is 4. The number of esters is 4. The van der Waals surface area contributed by atoms with E-state index in [1.165, 1.54) is 19.1 Å². The van der Waals surface area contributed by atoms with Crippen molar-refractivity contribution in [1.82, 2.24) is 0 Å². The number of carbonyl (C=O) groups is 4. The molecule has 0 bridgehead atoms. The second-order valence-corrected chi connectivity index (χ2v) is 11.6. The van der Waals surface area contributed by atoms with Gasteiger partial charge in [-0.25, -0.2) is 4.79 Å². The molecule has 1 N–H and O–H groups in total. The Hall–Kier alpha value is -3.95.